The molecule has 6 heteroatoms. The fourth-order valence-electron chi connectivity index (χ4n) is 0.938. The van der Waals surface area contributed by atoms with Crippen molar-refractivity contribution >= 4 is 21.6 Å². The van der Waals surface area contributed by atoms with Gasteiger partial charge in [-0.1, -0.05) is 11.6 Å². The Morgan fingerprint density at radius 2 is 1.93 bits per heavy atom. The van der Waals surface area contributed by atoms with Gasteiger partial charge in [-0.15, -0.1) is 0 Å². The van der Waals surface area contributed by atoms with E-state index in [1.807, 2.05) is 0 Å². The van der Waals surface area contributed by atoms with Gasteiger partial charge in [0, 0.05) is 17.6 Å². The summed E-state index contributed by atoms with van der Waals surface area (Å²) < 4.78 is 25.7. The van der Waals surface area contributed by atoms with E-state index in [1.165, 1.54) is 24.3 Å². The average Bonchev–Trinajstić information content (AvgIpc) is 2.16. The quantitative estimate of drug-likeness (QED) is 0.834. The molecule has 84 valence electrons. The van der Waals surface area contributed by atoms with Crippen molar-refractivity contribution in [1.82, 2.24) is 4.72 Å². The third-order valence-electron chi connectivity index (χ3n) is 1.72. The maximum atomic E-state index is 11.6. The Bertz CT molecular complexity index is 414. The van der Waals surface area contributed by atoms with Crippen molar-refractivity contribution in [1.29, 1.82) is 0 Å². The van der Waals surface area contributed by atoms with E-state index in [4.69, 9.17) is 17.3 Å². The number of hydrogen-bond acceptors (Lipinski definition) is 3. The van der Waals surface area contributed by atoms with Crippen LogP contribution in [0.5, 0.6) is 0 Å². The minimum atomic E-state index is -3.46. The maximum absolute atomic E-state index is 11.6. The van der Waals surface area contributed by atoms with E-state index in [9.17, 15) is 8.42 Å². The predicted molar refractivity (Wildman–Crippen MR) is 60.3 cm³/mol. The molecule has 0 saturated carbocycles. The highest BCUT2D eigenvalue weighted by molar-refractivity contribution is 7.89. The summed E-state index contributed by atoms with van der Waals surface area (Å²) >= 11 is 5.65. The molecule has 3 N–H and O–H groups in total. The second kappa shape index (κ2) is 4.94. The van der Waals surface area contributed by atoms with Gasteiger partial charge < -0.3 is 5.73 Å². The molecule has 0 radical (unpaired) electrons. The number of nitrogens with one attached hydrogen (secondary N) is 1. The lowest BCUT2D eigenvalue weighted by Crippen LogP contribution is -2.35. The number of benzene rings is 1. The number of rotatable bonds is 4. The molecule has 0 aliphatic carbocycles. The van der Waals surface area contributed by atoms with Gasteiger partial charge in [-0.05, 0) is 31.2 Å². The molecular formula is C9H13ClN2O2S. The van der Waals surface area contributed by atoms with Gasteiger partial charge in [0.1, 0.15) is 0 Å². The van der Waals surface area contributed by atoms with Crippen molar-refractivity contribution in [3.05, 3.63) is 29.3 Å². The first-order valence-electron chi connectivity index (χ1n) is 4.42. The van der Waals surface area contributed by atoms with Crippen molar-refractivity contribution in [2.24, 2.45) is 5.73 Å². The van der Waals surface area contributed by atoms with Crippen LogP contribution in [-0.2, 0) is 10.0 Å². The van der Waals surface area contributed by atoms with E-state index in [0.29, 0.717) is 5.02 Å². The van der Waals surface area contributed by atoms with E-state index in [2.05, 4.69) is 4.72 Å². The van der Waals surface area contributed by atoms with E-state index in [1.54, 1.807) is 6.92 Å². The smallest absolute Gasteiger partial charge is 0.240 e. The average molecular weight is 249 g/mol. The summed E-state index contributed by atoms with van der Waals surface area (Å²) in [4.78, 5) is 0.188. The van der Waals surface area contributed by atoms with Gasteiger partial charge in [-0.3, -0.25) is 0 Å². The molecule has 0 amide bonds. The first kappa shape index (κ1) is 12.4. The Hall–Kier alpha value is -0.620. The van der Waals surface area contributed by atoms with Crippen LogP contribution in [0.3, 0.4) is 0 Å². The van der Waals surface area contributed by atoms with Crippen LogP contribution < -0.4 is 10.5 Å². The molecule has 1 aromatic carbocycles. The largest absolute Gasteiger partial charge is 0.327 e. The summed E-state index contributed by atoms with van der Waals surface area (Å²) in [6, 6.07) is 5.74. The predicted octanol–water partition coefficient (Wildman–Crippen LogP) is 0.966. The summed E-state index contributed by atoms with van der Waals surface area (Å²) in [5.41, 5.74) is 5.45. The molecule has 1 rings (SSSR count). The third-order valence-corrected chi connectivity index (χ3v) is 3.41. The highest BCUT2D eigenvalue weighted by atomic mass is 35.5. The summed E-state index contributed by atoms with van der Waals surface area (Å²) in [7, 11) is -3.46. The van der Waals surface area contributed by atoms with E-state index >= 15 is 0 Å². The summed E-state index contributed by atoms with van der Waals surface area (Å²) in [5.74, 6) is 0. The minimum Gasteiger partial charge on any atom is -0.327 e. The molecule has 0 aliphatic heterocycles. The van der Waals surface area contributed by atoms with Gasteiger partial charge in [-0.25, -0.2) is 13.1 Å². The molecule has 1 unspecified atom stereocenters. The van der Waals surface area contributed by atoms with E-state index in [-0.39, 0.29) is 17.5 Å². The van der Waals surface area contributed by atoms with Gasteiger partial charge in [-0.2, -0.15) is 0 Å². The second-order valence-corrected chi connectivity index (χ2v) is 5.49. The van der Waals surface area contributed by atoms with Crippen molar-refractivity contribution in [2.45, 2.75) is 17.9 Å². The van der Waals surface area contributed by atoms with Crippen molar-refractivity contribution < 1.29 is 8.42 Å². The number of nitrogens with two attached hydrogens (primary N) is 1. The Balaban J connectivity index is 2.82. The monoisotopic (exact) mass is 248 g/mol. The zero-order chi connectivity index (χ0) is 11.5. The van der Waals surface area contributed by atoms with E-state index < -0.39 is 10.0 Å². The van der Waals surface area contributed by atoms with Crippen LogP contribution in [0.4, 0.5) is 0 Å². The molecule has 0 aromatic heterocycles. The molecule has 4 nitrogen and oxygen atoms in total. The van der Waals surface area contributed by atoms with Crippen molar-refractivity contribution in [3.8, 4) is 0 Å². The van der Waals surface area contributed by atoms with Crippen LogP contribution in [0.1, 0.15) is 6.92 Å². The fourth-order valence-corrected chi connectivity index (χ4v) is 2.21. The van der Waals surface area contributed by atoms with Gasteiger partial charge in [0.05, 0.1) is 4.90 Å². The molecule has 15 heavy (non-hydrogen) atoms. The molecule has 0 aliphatic rings. The normalized spacial score (nSPS) is 13.8. The zero-order valence-electron chi connectivity index (χ0n) is 8.27. The molecule has 0 bridgehead atoms. The first-order chi connectivity index (χ1) is 6.92. The topological polar surface area (TPSA) is 72.2 Å². The summed E-state index contributed by atoms with van der Waals surface area (Å²) in [6.45, 7) is 1.94. The van der Waals surface area contributed by atoms with Crippen LogP contribution in [0.2, 0.25) is 5.02 Å². The lowest BCUT2D eigenvalue weighted by Gasteiger charge is -2.08. The number of halogens is 1. The van der Waals surface area contributed by atoms with Crippen LogP contribution in [0, 0.1) is 0 Å². The number of hydrogen-bond donors (Lipinski definition) is 2. The van der Waals surface area contributed by atoms with Crippen LogP contribution >= 0.6 is 11.6 Å². The minimum absolute atomic E-state index is 0.188. The summed E-state index contributed by atoms with van der Waals surface area (Å²) in [5, 5.41) is 0.501. The molecular weight excluding hydrogens is 236 g/mol. The van der Waals surface area contributed by atoms with Crippen molar-refractivity contribution in [2.75, 3.05) is 6.54 Å². The van der Waals surface area contributed by atoms with Gasteiger partial charge in [0.15, 0.2) is 0 Å². The van der Waals surface area contributed by atoms with Crippen molar-refractivity contribution in [3.63, 3.8) is 0 Å². The molecule has 0 saturated heterocycles. The van der Waals surface area contributed by atoms with E-state index in [0.717, 1.165) is 0 Å². The highest BCUT2D eigenvalue weighted by Crippen LogP contribution is 2.13. The van der Waals surface area contributed by atoms with Gasteiger partial charge >= 0.3 is 0 Å². The zero-order valence-corrected chi connectivity index (χ0v) is 9.85. The summed E-state index contributed by atoms with van der Waals surface area (Å²) in [6.07, 6.45) is 0. The lowest BCUT2D eigenvalue weighted by molar-refractivity contribution is 0.574. The Kier molecular flexibility index (Phi) is 4.10. The highest BCUT2D eigenvalue weighted by Gasteiger charge is 2.13. The van der Waals surface area contributed by atoms with Crippen LogP contribution in [0.25, 0.3) is 0 Å². The molecule has 0 heterocycles. The molecule has 1 aromatic rings. The lowest BCUT2D eigenvalue weighted by atomic mass is 10.4. The number of sulfonamides is 1. The first-order valence-corrected chi connectivity index (χ1v) is 6.29. The van der Waals surface area contributed by atoms with Gasteiger partial charge in [0.25, 0.3) is 0 Å². The second-order valence-electron chi connectivity index (χ2n) is 3.28. The van der Waals surface area contributed by atoms with Crippen LogP contribution in [0.15, 0.2) is 29.2 Å². The fraction of sp³-hybridized carbons (Fsp3) is 0.333. The molecule has 0 spiro atoms. The Morgan fingerprint density at radius 3 is 2.40 bits per heavy atom. The maximum Gasteiger partial charge on any atom is 0.240 e. The molecule has 0 fully saturated rings. The third kappa shape index (κ3) is 3.79. The Morgan fingerprint density at radius 1 is 1.40 bits per heavy atom. The van der Waals surface area contributed by atoms with Crippen LogP contribution in [-0.4, -0.2) is 21.0 Å². The molecule has 1 atom stereocenters. The van der Waals surface area contributed by atoms with Gasteiger partial charge in [0.2, 0.25) is 10.0 Å². The Labute approximate surface area is 94.5 Å². The standard InChI is InChI=1S/C9H13ClN2O2S/c1-7(11)6-12-15(13,14)9-4-2-8(10)3-5-9/h2-5,7,12H,6,11H2,1H3. The SMILES string of the molecule is CC(N)CNS(=O)(=O)c1ccc(Cl)cc1.